The van der Waals surface area contributed by atoms with E-state index < -0.39 is 11.4 Å². The van der Waals surface area contributed by atoms with Gasteiger partial charge in [0.1, 0.15) is 0 Å². The molecule has 1 N–H and O–H groups in total. The molecule has 4 nitrogen and oxygen atoms in total. The van der Waals surface area contributed by atoms with E-state index >= 15 is 0 Å². The molecule has 20 heavy (non-hydrogen) atoms. The molecular formula is C14H15Cl2NO3. The van der Waals surface area contributed by atoms with Crippen LogP contribution in [0.25, 0.3) is 0 Å². The van der Waals surface area contributed by atoms with Crippen molar-refractivity contribution in [2.45, 2.75) is 19.8 Å². The molecule has 1 heterocycles. The third kappa shape index (κ3) is 2.50. The lowest BCUT2D eigenvalue weighted by atomic mass is 9.84. The van der Waals surface area contributed by atoms with E-state index in [1.807, 2.05) is 6.92 Å². The molecule has 1 unspecified atom stereocenters. The Morgan fingerprint density at radius 1 is 1.40 bits per heavy atom. The number of carbonyl (C=O) groups excluding carboxylic acids is 1. The van der Waals surface area contributed by atoms with E-state index in [-0.39, 0.29) is 17.5 Å². The molecule has 2 rings (SSSR count). The molecule has 1 aliphatic rings. The van der Waals surface area contributed by atoms with Crippen LogP contribution in [0.15, 0.2) is 18.2 Å². The molecule has 0 radical (unpaired) electrons. The number of benzene rings is 1. The van der Waals surface area contributed by atoms with Crippen LogP contribution < -0.4 is 0 Å². The summed E-state index contributed by atoms with van der Waals surface area (Å²) >= 11 is 11.9. The second kappa shape index (κ2) is 5.62. The van der Waals surface area contributed by atoms with Gasteiger partial charge in [0, 0.05) is 13.1 Å². The van der Waals surface area contributed by atoms with E-state index in [0.717, 1.165) is 0 Å². The first-order valence-electron chi connectivity index (χ1n) is 6.38. The third-order valence-corrected chi connectivity index (χ3v) is 4.77. The summed E-state index contributed by atoms with van der Waals surface area (Å²) < 4.78 is 0. The van der Waals surface area contributed by atoms with Crippen molar-refractivity contribution in [1.29, 1.82) is 0 Å². The van der Waals surface area contributed by atoms with Gasteiger partial charge >= 0.3 is 5.97 Å². The quantitative estimate of drug-likeness (QED) is 0.930. The molecular weight excluding hydrogens is 301 g/mol. The molecule has 0 bridgehead atoms. The van der Waals surface area contributed by atoms with Crippen molar-refractivity contribution in [2.24, 2.45) is 5.41 Å². The maximum Gasteiger partial charge on any atom is 0.311 e. The topological polar surface area (TPSA) is 57.6 Å². The highest BCUT2D eigenvalue weighted by atomic mass is 35.5. The molecule has 0 aromatic heterocycles. The summed E-state index contributed by atoms with van der Waals surface area (Å²) in [5.41, 5.74) is -0.530. The van der Waals surface area contributed by atoms with Crippen LogP contribution in [0.4, 0.5) is 0 Å². The maximum atomic E-state index is 12.4. The third-order valence-electron chi connectivity index (χ3n) is 3.95. The van der Waals surface area contributed by atoms with Crippen LogP contribution in [0.5, 0.6) is 0 Å². The molecule has 1 atom stereocenters. The zero-order valence-corrected chi connectivity index (χ0v) is 12.5. The van der Waals surface area contributed by atoms with Gasteiger partial charge in [0.05, 0.1) is 21.0 Å². The van der Waals surface area contributed by atoms with Crippen LogP contribution >= 0.6 is 23.2 Å². The normalized spacial score (nSPS) is 22.1. The van der Waals surface area contributed by atoms with E-state index in [0.29, 0.717) is 30.0 Å². The van der Waals surface area contributed by atoms with Gasteiger partial charge < -0.3 is 10.0 Å². The number of carboxylic acids is 1. The van der Waals surface area contributed by atoms with Gasteiger partial charge in [-0.05, 0) is 25.0 Å². The van der Waals surface area contributed by atoms with Gasteiger partial charge in [-0.25, -0.2) is 0 Å². The average Bonchev–Trinajstić information content (AvgIpc) is 2.87. The summed E-state index contributed by atoms with van der Waals surface area (Å²) in [6.07, 6.45) is 0.956. The van der Waals surface area contributed by atoms with Gasteiger partial charge in [0.15, 0.2) is 0 Å². The van der Waals surface area contributed by atoms with Crippen LogP contribution in [0, 0.1) is 5.41 Å². The molecule has 6 heteroatoms. The number of hydrogen-bond donors (Lipinski definition) is 1. The minimum atomic E-state index is -0.854. The number of nitrogens with zero attached hydrogens (tertiary/aromatic N) is 1. The van der Waals surface area contributed by atoms with E-state index in [2.05, 4.69) is 0 Å². The summed E-state index contributed by atoms with van der Waals surface area (Å²) in [6, 6.07) is 4.86. The molecule has 0 saturated carbocycles. The monoisotopic (exact) mass is 315 g/mol. The van der Waals surface area contributed by atoms with Crippen LogP contribution in [-0.2, 0) is 4.79 Å². The fraction of sp³-hybridized carbons (Fsp3) is 0.429. The number of carbonyl (C=O) groups is 2. The largest absolute Gasteiger partial charge is 0.481 e. The number of rotatable bonds is 3. The number of aliphatic carboxylic acids is 1. The molecule has 0 spiro atoms. The Kier molecular flexibility index (Phi) is 4.25. The zero-order valence-electron chi connectivity index (χ0n) is 11.0. The highest BCUT2D eigenvalue weighted by molar-refractivity contribution is 6.43. The number of hydrogen-bond acceptors (Lipinski definition) is 2. The summed E-state index contributed by atoms with van der Waals surface area (Å²) in [5, 5.41) is 9.88. The van der Waals surface area contributed by atoms with E-state index in [4.69, 9.17) is 23.2 Å². The molecule has 1 saturated heterocycles. The molecule has 1 aromatic carbocycles. The zero-order chi connectivity index (χ0) is 14.9. The van der Waals surface area contributed by atoms with Crippen molar-refractivity contribution in [3.05, 3.63) is 33.8 Å². The molecule has 0 aliphatic carbocycles. The molecule has 108 valence electrons. The first-order valence-corrected chi connectivity index (χ1v) is 7.13. The van der Waals surface area contributed by atoms with Crippen molar-refractivity contribution in [3.8, 4) is 0 Å². The number of amides is 1. The maximum absolute atomic E-state index is 12.4. The van der Waals surface area contributed by atoms with Crippen molar-refractivity contribution in [3.63, 3.8) is 0 Å². The first kappa shape index (κ1) is 15.1. The van der Waals surface area contributed by atoms with Crippen LogP contribution in [-0.4, -0.2) is 35.0 Å². The Bertz CT molecular complexity index is 561. The van der Waals surface area contributed by atoms with Gasteiger partial charge in [-0.3, -0.25) is 9.59 Å². The number of likely N-dealkylation sites (tertiary alicyclic amines) is 1. The van der Waals surface area contributed by atoms with Crippen LogP contribution in [0.1, 0.15) is 30.1 Å². The van der Waals surface area contributed by atoms with Crippen molar-refractivity contribution < 1.29 is 14.7 Å². The highest BCUT2D eigenvalue weighted by Gasteiger charge is 2.45. The van der Waals surface area contributed by atoms with Crippen molar-refractivity contribution >= 4 is 35.1 Å². The number of carboxylic acid groups (broad SMARTS) is 1. The summed E-state index contributed by atoms with van der Waals surface area (Å²) in [6.45, 7) is 2.46. The van der Waals surface area contributed by atoms with E-state index in [9.17, 15) is 14.7 Å². The molecule has 1 aliphatic heterocycles. The summed E-state index contributed by atoms with van der Waals surface area (Å²) in [7, 11) is 0. The number of halogens is 2. The predicted octanol–water partition coefficient (Wildman–Crippen LogP) is 3.32. The van der Waals surface area contributed by atoms with Crippen LogP contribution in [0.2, 0.25) is 10.0 Å². The lowest BCUT2D eigenvalue weighted by Crippen LogP contribution is -2.36. The SMILES string of the molecule is CCC1(C(=O)O)CCN(C(=O)c2cccc(Cl)c2Cl)C1. The second-order valence-electron chi connectivity index (χ2n) is 5.02. The minimum Gasteiger partial charge on any atom is -0.481 e. The van der Waals surface area contributed by atoms with Crippen molar-refractivity contribution in [1.82, 2.24) is 4.90 Å². The highest BCUT2D eigenvalue weighted by Crippen LogP contribution is 2.36. The van der Waals surface area contributed by atoms with Gasteiger partial charge in [0.25, 0.3) is 5.91 Å². The Balaban J connectivity index is 2.24. The van der Waals surface area contributed by atoms with Gasteiger partial charge in [0.2, 0.25) is 0 Å². The van der Waals surface area contributed by atoms with Gasteiger partial charge in [-0.15, -0.1) is 0 Å². The fourth-order valence-corrected chi connectivity index (χ4v) is 2.88. The Morgan fingerprint density at radius 3 is 2.65 bits per heavy atom. The van der Waals surface area contributed by atoms with E-state index in [1.54, 1.807) is 18.2 Å². The smallest absolute Gasteiger partial charge is 0.311 e. The fourth-order valence-electron chi connectivity index (χ4n) is 2.50. The lowest BCUT2D eigenvalue weighted by molar-refractivity contribution is -0.148. The minimum absolute atomic E-state index is 0.209. The second-order valence-corrected chi connectivity index (χ2v) is 5.80. The Morgan fingerprint density at radius 2 is 2.10 bits per heavy atom. The Labute approximate surface area is 127 Å². The summed E-state index contributed by atoms with van der Waals surface area (Å²) in [4.78, 5) is 25.4. The predicted molar refractivity (Wildman–Crippen MR) is 77.3 cm³/mol. The molecule has 1 amide bonds. The van der Waals surface area contributed by atoms with Gasteiger partial charge in [-0.1, -0.05) is 36.2 Å². The summed E-state index contributed by atoms with van der Waals surface area (Å²) in [5.74, 6) is -1.12. The Hall–Kier alpha value is -1.26. The molecule has 1 aromatic rings. The standard InChI is InChI=1S/C14H15Cl2NO3/c1-2-14(13(19)20)6-7-17(8-14)12(18)9-4-3-5-10(15)11(9)16/h3-5H,2,6-8H2,1H3,(H,19,20). The lowest BCUT2D eigenvalue weighted by Gasteiger charge is -2.23. The van der Waals surface area contributed by atoms with Crippen molar-refractivity contribution in [2.75, 3.05) is 13.1 Å². The van der Waals surface area contributed by atoms with Crippen LogP contribution in [0.3, 0.4) is 0 Å². The van der Waals surface area contributed by atoms with Gasteiger partial charge in [-0.2, -0.15) is 0 Å². The molecule has 1 fully saturated rings. The first-order chi connectivity index (χ1) is 9.41. The average molecular weight is 316 g/mol. The van der Waals surface area contributed by atoms with E-state index in [1.165, 1.54) is 4.90 Å².